The third-order valence-corrected chi connectivity index (χ3v) is 2.03. The molecular formula is C12H21N3O3. The predicted octanol–water partition coefficient (Wildman–Crippen LogP) is 0.679. The number of carbonyl (C=O) groups is 2. The summed E-state index contributed by atoms with van der Waals surface area (Å²) in [5, 5.41) is 0. The van der Waals surface area contributed by atoms with Gasteiger partial charge in [-0.25, -0.2) is 0 Å². The van der Waals surface area contributed by atoms with Crippen molar-refractivity contribution in [1.82, 2.24) is 4.90 Å². The number of esters is 1. The Bertz CT molecular complexity index is 332. The molecule has 0 radical (unpaired) electrons. The quantitative estimate of drug-likeness (QED) is 0.453. The Morgan fingerprint density at radius 3 is 2.39 bits per heavy atom. The molecule has 0 aromatic heterocycles. The van der Waals surface area contributed by atoms with Crippen molar-refractivity contribution in [3.63, 3.8) is 0 Å². The average Bonchev–Trinajstić information content (AvgIpc) is 2.62. The van der Waals surface area contributed by atoms with Crippen molar-refractivity contribution < 1.29 is 14.3 Å². The zero-order chi connectivity index (χ0) is 14.1. The SMILES string of the molecule is C=C(C)OC(=O)CC(C)=O.CCN1CCN=C1N. The number of hydrogen-bond acceptors (Lipinski definition) is 6. The van der Waals surface area contributed by atoms with Crippen molar-refractivity contribution in [3.05, 3.63) is 12.3 Å². The lowest BCUT2D eigenvalue weighted by Gasteiger charge is -2.12. The number of likely N-dealkylation sites (N-methyl/N-ethyl adjacent to an activating group) is 1. The maximum atomic E-state index is 10.6. The van der Waals surface area contributed by atoms with Gasteiger partial charge in [-0.2, -0.15) is 0 Å². The smallest absolute Gasteiger partial charge is 0.318 e. The molecule has 0 atom stereocenters. The summed E-state index contributed by atoms with van der Waals surface area (Å²) in [6.45, 7) is 11.2. The van der Waals surface area contributed by atoms with E-state index in [9.17, 15) is 9.59 Å². The lowest BCUT2D eigenvalue weighted by atomic mass is 10.3. The molecule has 1 aliphatic rings. The van der Waals surface area contributed by atoms with E-state index in [2.05, 4.69) is 28.1 Å². The van der Waals surface area contributed by atoms with Crippen molar-refractivity contribution >= 4 is 17.7 Å². The molecule has 1 aliphatic heterocycles. The third-order valence-electron chi connectivity index (χ3n) is 2.03. The maximum Gasteiger partial charge on any atom is 0.318 e. The van der Waals surface area contributed by atoms with Gasteiger partial charge in [0.2, 0.25) is 0 Å². The van der Waals surface area contributed by atoms with Crippen molar-refractivity contribution in [1.29, 1.82) is 0 Å². The van der Waals surface area contributed by atoms with Crippen LogP contribution in [0, 0.1) is 0 Å². The molecule has 0 fully saturated rings. The fourth-order valence-electron chi connectivity index (χ4n) is 1.25. The molecule has 1 heterocycles. The number of hydrogen-bond donors (Lipinski definition) is 1. The van der Waals surface area contributed by atoms with Gasteiger partial charge in [0.05, 0.1) is 12.3 Å². The molecule has 0 aromatic rings. The summed E-state index contributed by atoms with van der Waals surface area (Å²) in [7, 11) is 0. The Hall–Kier alpha value is -1.85. The molecule has 1 rings (SSSR count). The van der Waals surface area contributed by atoms with Crippen molar-refractivity contribution in [2.24, 2.45) is 10.7 Å². The predicted molar refractivity (Wildman–Crippen MR) is 69.9 cm³/mol. The van der Waals surface area contributed by atoms with Crippen LogP contribution in [-0.4, -0.2) is 42.2 Å². The topological polar surface area (TPSA) is 85.0 Å². The van der Waals surface area contributed by atoms with Gasteiger partial charge in [-0.1, -0.05) is 6.58 Å². The minimum absolute atomic E-state index is 0.174. The van der Waals surface area contributed by atoms with Gasteiger partial charge in [-0.15, -0.1) is 0 Å². The summed E-state index contributed by atoms with van der Waals surface area (Å²) in [6, 6.07) is 0. The Labute approximate surface area is 107 Å². The molecule has 18 heavy (non-hydrogen) atoms. The number of nitrogens with zero attached hydrogens (tertiary/aromatic N) is 2. The molecule has 0 bridgehead atoms. The summed E-state index contributed by atoms with van der Waals surface area (Å²) in [6.07, 6.45) is -0.174. The van der Waals surface area contributed by atoms with E-state index in [4.69, 9.17) is 5.73 Å². The van der Waals surface area contributed by atoms with E-state index >= 15 is 0 Å². The Morgan fingerprint density at radius 1 is 1.50 bits per heavy atom. The average molecular weight is 255 g/mol. The fourth-order valence-corrected chi connectivity index (χ4v) is 1.25. The van der Waals surface area contributed by atoms with Gasteiger partial charge in [-0.3, -0.25) is 14.6 Å². The van der Waals surface area contributed by atoms with E-state index in [1.807, 2.05) is 0 Å². The zero-order valence-corrected chi connectivity index (χ0v) is 11.2. The largest absolute Gasteiger partial charge is 0.432 e. The first-order valence-corrected chi connectivity index (χ1v) is 5.77. The Morgan fingerprint density at radius 2 is 2.11 bits per heavy atom. The molecule has 0 saturated heterocycles. The number of carbonyl (C=O) groups excluding carboxylic acids is 2. The van der Waals surface area contributed by atoms with Crippen LogP contribution in [0.3, 0.4) is 0 Å². The molecule has 0 aromatic carbocycles. The molecule has 0 spiro atoms. The van der Waals surface area contributed by atoms with Crippen molar-refractivity contribution in [3.8, 4) is 0 Å². The van der Waals surface area contributed by atoms with Gasteiger partial charge >= 0.3 is 5.97 Å². The highest BCUT2D eigenvalue weighted by atomic mass is 16.5. The molecule has 6 heteroatoms. The van der Waals surface area contributed by atoms with Crippen molar-refractivity contribution in [2.75, 3.05) is 19.6 Å². The Balaban J connectivity index is 0.000000327. The number of ether oxygens (including phenoxy) is 1. The second-order valence-electron chi connectivity index (χ2n) is 3.87. The van der Waals surface area contributed by atoms with Gasteiger partial charge in [0.15, 0.2) is 5.96 Å². The van der Waals surface area contributed by atoms with E-state index in [0.29, 0.717) is 11.7 Å². The minimum Gasteiger partial charge on any atom is -0.432 e. The molecule has 6 nitrogen and oxygen atoms in total. The minimum atomic E-state index is -0.542. The summed E-state index contributed by atoms with van der Waals surface area (Å²) in [5.41, 5.74) is 5.47. The lowest BCUT2D eigenvalue weighted by Crippen LogP contribution is -2.33. The number of rotatable bonds is 4. The first kappa shape index (κ1) is 16.1. The van der Waals surface area contributed by atoms with Gasteiger partial charge in [-0.05, 0) is 20.8 Å². The third kappa shape index (κ3) is 7.43. The first-order chi connectivity index (χ1) is 8.36. The van der Waals surface area contributed by atoms with Crippen LogP contribution in [0.1, 0.15) is 27.2 Å². The van der Waals surface area contributed by atoms with E-state index in [1.165, 1.54) is 6.92 Å². The molecule has 0 amide bonds. The summed E-state index contributed by atoms with van der Waals surface area (Å²) >= 11 is 0. The number of aliphatic imine (C=N–C) groups is 1. The van der Waals surface area contributed by atoms with Crippen LogP contribution in [0.2, 0.25) is 0 Å². The van der Waals surface area contributed by atoms with E-state index < -0.39 is 5.97 Å². The van der Waals surface area contributed by atoms with E-state index in [-0.39, 0.29) is 12.2 Å². The summed E-state index contributed by atoms with van der Waals surface area (Å²) in [5.74, 6) is 0.269. The standard InChI is InChI=1S/C7H10O3.C5H11N3/c1-5(2)10-7(9)4-6(3)8;1-2-8-4-3-7-5(8)6/h1,4H2,2-3H3;2-4H2,1H3,(H2,6,7). The van der Waals surface area contributed by atoms with Gasteiger partial charge in [0.25, 0.3) is 0 Å². The van der Waals surface area contributed by atoms with E-state index in [1.54, 1.807) is 6.92 Å². The highest BCUT2D eigenvalue weighted by Crippen LogP contribution is 1.95. The maximum absolute atomic E-state index is 10.6. The Kier molecular flexibility index (Phi) is 7.42. The van der Waals surface area contributed by atoms with Crippen LogP contribution in [0.5, 0.6) is 0 Å². The first-order valence-electron chi connectivity index (χ1n) is 5.77. The molecule has 2 N–H and O–H groups in total. The number of allylic oxidation sites excluding steroid dienone is 1. The van der Waals surface area contributed by atoms with Crippen LogP contribution >= 0.6 is 0 Å². The highest BCUT2D eigenvalue weighted by molar-refractivity contribution is 5.94. The highest BCUT2D eigenvalue weighted by Gasteiger charge is 2.09. The zero-order valence-electron chi connectivity index (χ0n) is 11.2. The van der Waals surface area contributed by atoms with Crippen LogP contribution in [0.15, 0.2) is 17.3 Å². The van der Waals surface area contributed by atoms with Crippen LogP contribution in [0.4, 0.5) is 0 Å². The fraction of sp³-hybridized carbons (Fsp3) is 0.583. The molecular weight excluding hydrogens is 234 g/mol. The molecule has 0 aliphatic carbocycles. The molecule has 102 valence electrons. The lowest BCUT2D eigenvalue weighted by molar-refractivity contribution is -0.141. The van der Waals surface area contributed by atoms with Crippen LogP contribution in [0.25, 0.3) is 0 Å². The normalized spacial score (nSPS) is 13.3. The second kappa shape index (κ2) is 8.27. The summed E-state index contributed by atoms with van der Waals surface area (Å²) in [4.78, 5) is 26.9. The van der Waals surface area contributed by atoms with Crippen molar-refractivity contribution in [2.45, 2.75) is 27.2 Å². The number of ketones is 1. The van der Waals surface area contributed by atoms with Gasteiger partial charge in [0.1, 0.15) is 12.2 Å². The second-order valence-corrected chi connectivity index (χ2v) is 3.87. The number of Topliss-reactive ketones (excluding diaryl/α,β-unsaturated/α-hetero) is 1. The molecule has 0 saturated carbocycles. The summed E-state index contributed by atoms with van der Waals surface area (Å²) < 4.78 is 4.51. The van der Waals surface area contributed by atoms with Crippen LogP contribution < -0.4 is 5.73 Å². The van der Waals surface area contributed by atoms with Gasteiger partial charge < -0.3 is 15.4 Å². The van der Waals surface area contributed by atoms with Gasteiger partial charge in [0, 0.05) is 13.1 Å². The number of nitrogens with two attached hydrogens (primary N) is 1. The van der Waals surface area contributed by atoms with Crippen LogP contribution in [-0.2, 0) is 14.3 Å². The molecule has 0 unspecified atom stereocenters. The monoisotopic (exact) mass is 255 g/mol. The number of guanidine groups is 1. The van der Waals surface area contributed by atoms with E-state index in [0.717, 1.165) is 19.6 Å².